The molecule has 20 heavy (non-hydrogen) atoms. The van der Waals surface area contributed by atoms with Crippen LogP contribution in [0.25, 0.3) is 0 Å². The van der Waals surface area contributed by atoms with Gasteiger partial charge in [-0.15, -0.1) is 0 Å². The third-order valence-corrected chi connectivity index (χ3v) is 3.29. The molecular weight excluding hydrogens is 254 g/mol. The average Bonchev–Trinajstić information content (AvgIpc) is 2.41. The van der Waals surface area contributed by atoms with Gasteiger partial charge in [0.05, 0.1) is 0 Å². The molecule has 6 heteroatoms. The fourth-order valence-electron chi connectivity index (χ4n) is 1.70. The Bertz CT molecular complexity index is 487. The highest BCUT2D eigenvalue weighted by Gasteiger charge is 2.19. The van der Waals surface area contributed by atoms with E-state index in [4.69, 9.17) is 5.73 Å². The molecular formula is C14H25N5O. The summed E-state index contributed by atoms with van der Waals surface area (Å²) < 4.78 is 0. The highest BCUT2D eigenvalue weighted by atomic mass is 16.2. The fourth-order valence-corrected chi connectivity index (χ4v) is 1.70. The smallest absolute Gasteiger partial charge is 0.244 e. The van der Waals surface area contributed by atoms with Crippen LogP contribution in [0.1, 0.15) is 45.0 Å². The van der Waals surface area contributed by atoms with Crippen molar-refractivity contribution in [3.63, 3.8) is 0 Å². The van der Waals surface area contributed by atoms with Crippen molar-refractivity contribution in [2.45, 2.75) is 46.6 Å². The van der Waals surface area contributed by atoms with E-state index < -0.39 is 0 Å². The summed E-state index contributed by atoms with van der Waals surface area (Å²) in [5, 5.41) is 3.14. The van der Waals surface area contributed by atoms with Crippen LogP contribution in [0.4, 0.5) is 11.6 Å². The number of nitrogens with one attached hydrogen (secondary N) is 1. The Morgan fingerprint density at radius 1 is 1.35 bits per heavy atom. The van der Waals surface area contributed by atoms with E-state index in [2.05, 4.69) is 15.3 Å². The fraction of sp³-hybridized carbons (Fsp3) is 0.643. The number of aromatic nitrogens is 2. The summed E-state index contributed by atoms with van der Waals surface area (Å²) >= 11 is 0. The van der Waals surface area contributed by atoms with Crippen LogP contribution >= 0.6 is 0 Å². The van der Waals surface area contributed by atoms with Crippen molar-refractivity contribution in [1.29, 1.82) is 0 Å². The van der Waals surface area contributed by atoms with E-state index in [9.17, 15) is 4.79 Å². The van der Waals surface area contributed by atoms with Crippen molar-refractivity contribution in [2.75, 3.05) is 24.6 Å². The second-order valence-electron chi connectivity index (χ2n) is 5.31. The number of amides is 1. The van der Waals surface area contributed by atoms with Crippen LogP contribution in [0.2, 0.25) is 0 Å². The number of anilines is 2. The van der Waals surface area contributed by atoms with E-state index >= 15 is 0 Å². The summed E-state index contributed by atoms with van der Waals surface area (Å²) in [6.45, 7) is 10.3. The number of hydrogen-bond acceptors (Lipinski definition) is 5. The van der Waals surface area contributed by atoms with Crippen molar-refractivity contribution in [2.24, 2.45) is 0 Å². The molecule has 0 aromatic carbocycles. The Morgan fingerprint density at radius 3 is 2.45 bits per heavy atom. The number of hydrogen-bond donors (Lipinski definition) is 2. The monoisotopic (exact) mass is 279 g/mol. The van der Waals surface area contributed by atoms with Crippen LogP contribution in [0.15, 0.2) is 0 Å². The van der Waals surface area contributed by atoms with Gasteiger partial charge in [-0.1, -0.05) is 13.8 Å². The van der Waals surface area contributed by atoms with E-state index in [0.717, 1.165) is 5.56 Å². The first-order valence-electron chi connectivity index (χ1n) is 6.93. The van der Waals surface area contributed by atoms with Crippen molar-refractivity contribution in [1.82, 2.24) is 14.9 Å². The molecule has 1 unspecified atom stereocenters. The molecule has 0 spiro atoms. The lowest BCUT2D eigenvalue weighted by Gasteiger charge is -2.22. The molecule has 1 heterocycles. The van der Waals surface area contributed by atoms with Gasteiger partial charge in [-0.25, -0.2) is 9.97 Å². The minimum Gasteiger partial charge on any atom is -0.383 e. The highest BCUT2D eigenvalue weighted by Crippen LogP contribution is 2.21. The third kappa shape index (κ3) is 3.59. The third-order valence-electron chi connectivity index (χ3n) is 3.29. The quantitative estimate of drug-likeness (QED) is 0.858. The summed E-state index contributed by atoms with van der Waals surface area (Å²) in [5.41, 5.74) is 6.68. The van der Waals surface area contributed by atoms with Crippen molar-refractivity contribution >= 4 is 17.5 Å². The standard InChI is InChI=1S/C14H25N5O/c1-7-19(6)14(20)10(5)16-13-9(4)11(15)17-12(18-13)8(2)3/h8,10H,7H2,1-6H3,(H3,15,16,17,18). The van der Waals surface area contributed by atoms with Gasteiger partial charge in [-0.2, -0.15) is 0 Å². The molecule has 1 rings (SSSR count). The van der Waals surface area contributed by atoms with Gasteiger partial charge in [0.1, 0.15) is 23.5 Å². The molecule has 0 aliphatic heterocycles. The maximum Gasteiger partial charge on any atom is 0.244 e. The van der Waals surface area contributed by atoms with E-state index in [-0.39, 0.29) is 17.9 Å². The van der Waals surface area contributed by atoms with E-state index in [1.165, 1.54) is 0 Å². The Kier molecular flexibility index (Phi) is 5.30. The molecule has 0 saturated heterocycles. The summed E-state index contributed by atoms with van der Waals surface area (Å²) in [4.78, 5) is 22.5. The maximum absolute atomic E-state index is 12.1. The minimum absolute atomic E-state index is 0.0233. The molecule has 1 aromatic heterocycles. The van der Waals surface area contributed by atoms with Crippen molar-refractivity contribution in [3.8, 4) is 0 Å². The molecule has 6 nitrogen and oxygen atoms in total. The Hall–Kier alpha value is -1.85. The number of likely N-dealkylation sites (N-methyl/N-ethyl adjacent to an activating group) is 1. The number of nitrogen functional groups attached to an aromatic ring is 1. The second kappa shape index (κ2) is 6.54. The number of nitrogens with zero attached hydrogens (tertiary/aromatic N) is 3. The van der Waals surface area contributed by atoms with Crippen LogP contribution in [0, 0.1) is 6.92 Å². The zero-order chi connectivity index (χ0) is 15.4. The SMILES string of the molecule is CCN(C)C(=O)C(C)Nc1nc(C(C)C)nc(N)c1C. The van der Waals surface area contributed by atoms with E-state index in [0.29, 0.717) is 24.0 Å². The average molecular weight is 279 g/mol. The zero-order valence-electron chi connectivity index (χ0n) is 13.2. The predicted octanol–water partition coefficient (Wildman–Crippen LogP) is 1.77. The first kappa shape index (κ1) is 16.2. The topological polar surface area (TPSA) is 84.1 Å². The van der Waals surface area contributed by atoms with Crippen LogP contribution in [-0.2, 0) is 4.79 Å². The molecule has 0 fully saturated rings. The van der Waals surface area contributed by atoms with Gasteiger partial charge in [0.2, 0.25) is 5.91 Å². The van der Waals surface area contributed by atoms with Crippen molar-refractivity contribution in [3.05, 3.63) is 11.4 Å². The molecule has 3 N–H and O–H groups in total. The molecule has 0 saturated carbocycles. The summed E-state index contributed by atoms with van der Waals surface area (Å²) in [5.74, 6) is 1.97. The number of nitrogens with two attached hydrogens (primary N) is 1. The molecule has 1 atom stereocenters. The van der Waals surface area contributed by atoms with Gasteiger partial charge in [0.15, 0.2) is 0 Å². The van der Waals surface area contributed by atoms with E-state index in [1.807, 2.05) is 34.6 Å². The Balaban J connectivity index is 3.00. The molecule has 1 aromatic rings. The van der Waals surface area contributed by atoms with Crippen LogP contribution in [0.3, 0.4) is 0 Å². The minimum atomic E-state index is -0.354. The number of carbonyl (C=O) groups is 1. The molecule has 0 bridgehead atoms. The first-order valence-corrected chi connectivity index (χ1v) is 6.93. The number of carbonyl (C=O) groups excluding carboxylic acids is 1. The normalized spacial score (nSPS) is 12.3. The van der Waals surface area contributed by atoms with Crippen LogP contribution in [-0.4, -0.2) is 40.4 Å². The lowest BCUT2D eigenvalue weighted by atomic mass is 10.2. The second-order valence-corrected chi connectivity index (χ2v) is 5.31. The van der Waals surface area contributed by atoms with Crippen molar-refractivity contribution < 1.29 is 4.79 Å². The predicted molar refractivity (Wildman–Crippen MR) is 81.7 cm³/mol. The molecule has 0 aliphatic carbocycles. The zero-order valence-corrected chi connectivity index (χ0v) is 13.2. The van der Waals surface area contributed by atoms with Gasteiger partial charge < -0.3 is 16.0 Å². The first-order chi connectivity index (χ1) is 9.27. The van der Waals surface area contributed by atoms with Gasteiger partial charge in [0, 0.05) is 25.1 Å². The largest absolute Gasteiger partial charge is 0.383 e. The van der Waals surface area contributed by atoms with Gasteiger partial charge in [0.25, 0.3) is 0 Å². The van der Waals surface area contributed by atoms with E-state index in [1.54, 1.807) is 11.9 Å². The summed E-state index contributed by atoms with van der Waals surface area (Å²) in [6, 6.07) is -0.354. The summed E-state index contributed by atoms with van der Waals surface area (Å²) in [6.07, 6.45) is 0. The highest BCUT2D eigenvalue weighted by molar-refractivity contribution is 5.84. The molecule has 112 valence electrons. The van der Waals surface area contributed by atoms with Gasteiger partial charge in [-0.3, -0.25) is 4.79 Å². The molecule has 0 aliphatic rings. The Morgan fingerprint density at radius 2 is 1.95 bits per heavy atom. The van der Waals surface area contributed by atoms with Crippen LogP contribution in [0.5, 0.6) is 0 Å². The maximum atomic E-state index is 12.1. The van der Waals surface area contributed by atoms with Gasteiger partial charge >= 0.3 is 0 Å². The molecule has 0 radical (unpaired) electrons. The van der Waals surface area contributed by atoms with Crippen LogP contribution < -0.4 is 11.1 Å². The molecule has 1 amide bonds. The Labute approximate surface area is 120 Å². The number of rotatable bonds is 5. The lowest BCUT2D eigenvalue weighted by molar-refractivity contribution is -0.130. The lowest BCUT2D eigenvalue weighted by Crippen LogP contribution is -2.39. The summed E-state index contributed by atoms with van der Waals surface area (Å²) in [7, 11) is 1.78. The van der Waals surface area contributed by atoms with Gasteiger partial charge in [-0.05, 0) is 20.8 Å².